The summed E-state index contributed by atoms with van der Waals surface area (Å²) in [6.07, 6.45) is 2.69. The van der Waals surface area contributed by atoms with Crippen molar-refractivity contribution < 1.29 is 12.8 Å². The maximum atomic E-state index is 13.4. The lowest BCUT2D eigenvalue weighted by molar-refractivity contribution is 0.181. The van der Waals surface area contributed by atoms with Crippen LogP contribution in [0.2, 0.25) is 0 Å². The molecule has 2 N–H and O–H groups in total. The molecule has 4 nitrogen and oxygen atoms in total. The van der Waals surface area contributed by atoms with Gasteiger partial charge in [0.1, 0.15) is 5.82 Å². The molecule has 20 heavy (non-hydrogen) atoms. The highest BCUT2D eigenvalue weighted by atomic mass is 32.2. The number of rotatable bonds is 4. The summed E-state index contributed by atoms with van der Waals surface area (Å²) >= 11 is 0. The lowest BCUT2D eigenvalue weighted by atomic mass is 9.91. The van der Waals surface area contributed by atoms with Gasteiger partial charge in [-0.25, -0.2) is 17.9 Å². The smallest absolute Gasteiger partial charge is 0.238 e. The summed E-state index contributed by atoms with van der Waals surface area (Å²) in [6.45, 7) is 5.11. The van der Waals surface area contributed by atoms with E-state index in [1.165, 1.54) is 12.1 Å². The highest BCUT2D eigenvalue weighted by Crippen LogP contribution is 2.24. The van der Waals surface area contributed by atoms with E-state index in [2.05, 4.69) is 11.8 Å². The molecule has 1 aromatic carbocycles. The molecule has 1 aromatic rings. The monoisotopic (exact) mass is 300 g/mol. The van der Waals surface area contributed by atoms with Crippen molar-refractivity contribution in [3.05, 3.63) is 29.6 Å². The zero-order valence-electron chi connectivity index (χ0n) is 11.7. The van der Waals surface area contributed by atoms with E-state index < -0.39 is 15.8 Å². The van der Waals surface area contributed by atoms with Gasteiger partial charge in [0, 0.05) is 6.54 Å². The molecule has 2 rings (SSSR count). The summed E-state index contributed by atoms with van der Waals surface area (Å²) in [5.41, 5.74) is 0.496. The Hall–Kier alpha value is -0.980. The Morgan fingerprint density at radius 3 is 2.85 bits per heavy atom. The number of benzene rings is 1. The first kappa shape index (κ1) is 15.4. The van der Waals surface area contributed by atoms with Gasteiger partial charge in [0.25, 0.3) is 0 Å². The molecular weight excluding hydrogens is 279 g/mol. The highest BCUT2D eigenvalue weighted by molar-refractivity contribution is 7.89. The first-order valence-electron chi connectivity index (χ1n) is 6.93. The summed E-state index contributed by atoms with van der Waals surface area (Å²) in [4.78, 5) is 2.39. The van der Waals surface area contributed by atoms with Crippen molar-refractivity contribution in [1.82, 2.24) is 4.90 Å². The second kappa shape index (κ2) is 6.20. The molecule has 1 fully saturated rings. The van der Waals surface area contributed by atoms with Crippen molar-refractivity contribution in [2.24, 2.45) is 11.1 Å². The number of nitrogens with zero attached hydrogens (tertiary/aromatic N) is 1. The number of hydrogen-bond donors (Lipinski definition) is 1. The minimum absolute atomic E-state index is 0.0486. The fraction of sp³-hybridized carbons (Fsp3) is 0.571. The maximum absolute atomic E-state index is 13.4. The Balaban J connectivity index is 2.22. The molecule has 1 saturated heterocycles. The van der Waals surface area contributed by atoms with E-state index in [-0.39, 0.29) is 4.90 Å². The van der Waals surface area contributed by atoms with Crippen molar-refractivity contribution in [1.29, 1.82) is 0 Å². The second-order valence-electron chi connectivity index (χ2n) is 5.40. The van der Waals surface area contributed by atoms with Gasteiger partial charge in [0.05, 0.1) is 4.90 Å². The largest absolute Gasteiger partial charge is 0.303 e. The minimum atomic E-state index is -3.80. The van der Waals surface area contributed by atoms with E-state index in [9.17, 15) is 12.8 Å². The number of hydrogen-bond acceptors (Lipinski definition) is 3. The van der Waals surface area contributed by atoms with E-state index in [4.69, 9.17) is 5.14 Å². The Morgan fingerprint density at radius 1 is 1.45 bits per heavy atom. The molecule has 1 heterocycles. The lowest BCUT2D eigenvalue weighted by Gasteiger charge is -2.32. The van der Waals surface area contributed by atoms with Gasteiger partial charge in [-0.05, 0) is 62.0 Å². The predicted molar refractivity (Wildman–Crippen MR) is 76.3 cm³/mol. The van der Waals surface area contributed by atoms with Gasteiger partial charge >= 0.3 is 0 Å². The third-order valence-electron chi connectivity index (χ3n) is 3.89. The molecule has 0 aromatic heterocycles. The van der Waals surface area contributed by atoms with E-state index in [1.54, 1.807) is 0 Å². The zero-order valence-corrected chi connectivity index (χ0v) is 12.5. The Kier molecular flexibility index (Phi) is 4.78. The average molecular weight is 300 g/mol. The minimum Gasteiger partial charge on any atom is -0.303 e. The topological polar surface area (TPSA) is 63.4 Å². The van der Waals surface area contributed by atoms with Crippen LogP contribution in [0.3, 0.4) is 0 Å². The summed E-state index contributed by atoms with van der Waals surface area (Å²) in [7, 11) is -3.80. The molecule has 0 saturated carbocycles. The Labute approximate surface area is 119 Å². The predicted octanol–water partition coefficient (Wildman–Crippen LogP) is 1.75. The third kappa shape index (κ3) is 3.77. The van der Waals surface area contributed by atoms with E-state index >= 15 is 0 Å². The number of primary sulfonamides is 1. The molecule has 0 radical (unpaired) electrons. The molecule has 112 valence electrons. The van der Waals surface area contributed by atoms with Gasteiger partial charge in [-0.15, -0.1) is 0 Å². The van der Waals surface area contributed by atoms with Crippen LogP contribution in [0.25, 0.3) is 0 Å². The molecule has 0 bridgehead atoms. The molecular formula is C14H21FN2O2S. The van der Waals surface area contributed by atoms with Crippen molar-refractivity contribution in [3.8, 4) is 0 Å². The summed E-state index contributed by atoms with van der Waals surface area (Å²) in [5.74, 6) is -0.0680. The normalized spacial score (nSPS) is 21.1. The van der Waals surface area contributed by atoms with Crippen molar-refractivity contribution in [2.45, 2.75) is 31.1 Å². The number of piperidine rings is 1. The average Bonchev–Trinajstić information content (AvgIpc) is 2.37. The number of halogens is 1. The van der Waals surface area contributed by atoms with E-state index in [0.29, 0.717) is 17.9 Å². The van der Waals surface area contributed by atoms with Gasteiger partial charge < -0.3 is 4.90 Å². The molecule has 1 unspecified atom stereocenters. The van der Waals surface area contributed by atoms with Crippen LogP contribution in [0.4, 0.5) is 4.39 Å². The van der Waals surface area contributed by atoms with Crippen LogP contribution in [-0.4, -0.2) is 33.0 Å². The molecule has 1 aliphatic heterocycles. The van der Waals surface area contributed by atoms with Crippen LogP contribution in [-0.2, 0) is 16.4 Å². The van der Waals surface area contributed by atoms with Gasteiger partial charge in [0.15, 0.2) is 0 Å². The molecule has 1 aliphatic rings. The summed E-state index contributed by atoms with van der Waals surface area (Å²) in [6, 6.07) is 3.70. The SMILES string of the molecule is CCN1CCCC(Cc2cc(F)ccc2S(N)(=O)=O)C1. The fourth-order valence-electron chi connectivity index (χ4n) is 2.90. The van der Waals surface area contributed by atoms with E-state index in [0.717, 1.165) is 38.5 Å². The molecule has 0 spiro atoms. The standard InChI is InChI=1S/C14H21FN2O2S/c1-2-17-7-3-4-11(10-17)8-12-9-13(15)5-6-14(12)20(16,18)19/h5-6,9,11H,2-4,7-8,10H2,1H3,(H2,16,18,19). The van der Waals surface area contributed by atoms with Crippen LogP contribution < -0.4 is 5.14 Å². The first-order valence-corrected chi connectivity index (χ1v) is 8.48. The Morgan fingerprint density at radius 2 is 2.20 bits per heavy atom. The summed E-state index contributed by atoms with van der Waals surface area (Å²) in [5, 5.41) is 5.21. The molecule has 1 atom stereocenters. The van der Waals surface area contributed by atoms with Crippen LogP contribution in [0.1, 0.15) is 25.3 Å². The lowest BCUT2D eigenvalue weighted by Crippen LogP contribution is -2.36. The number of likely N-dealkylation sites (tertiary alicyclic amines) is 1. The highest BCUT2D eigenvalue weighted by Gasteiger charge is 2.22. The van der Waals surface area contributed by atoms with Gasteiger partial charge in [0.2, 0.25) is 10.0 Å². The zero-order chi connectivity index (χ0) is 14.8. The fourth-order valence-corrected chi connectivity index (χ4v) is 3.67. The van der Waals surface area contributed by atoms with Gasteiger partial charge in [-0.1, -0.05) is 6.92 Å². The number of sulfonamides is 1. The first-order chi connectivity index (χ1) is 9.40. The van der Waals surface area contributed by atoms with Gasteiger partial charge in [-0.2, -0.15) is 0 Å². The second-order valence-corrected chi connectivity index (χ2v) is 6.93. The van der Waals surface area contributed by atoms with Gasteiger partial charge in [-0.3, -0.25) is 0 Å². The van der Waals surface area contributed by atoms with E-state index in [1.807, 2.05) is 0 Å². The van der Waals surface area contributed by atoms with Crippen LogP contribution in [0.5, 0.6) is 0 Å². The van der Waals surface area contributed by atoms with Crippen molar-refractivity contribution >= 4 is 10.0 Å². The maximum Gasteiger partial charge on any atom is 0.238 e. The Bertz CT molecular complexity index is 575. The third-order valence-corrected chi connectivity index (χ3v) is 4.90. The quantitative estimate of drug-likeness (QED) is 0.921. The van der Waals surface area contributed by atoms with Crippen LogP contribution in [0.15, 0.2) is 23.1 Å². The van der Waals surface area contributed by atoms with Crippen LogP contribution >= 0.6 is 0 Å². The summed E-state index contributed by atoms with van der Waals surface area (Å²) < 4.78 is 36.5. The molecule has 0 aliphatic carbocycles. The van der Waals surface area contributed by atoms with Crippen LogP contribution in [0, 0.1) is 11.7 Å². The number of nitrogens with two attached hydrogens (primary N) is 1. The molecule has 0 amide bonds. The molecule has 6 heteroatoms. The van der Waals surface area contributed by atoms with Crippen molar-refractivity contribution in [3.63, 3.8) is 0 Å². The van der Waals surface area contributed by atoms with Crippen molar-refractivity contribution in [2.75, 3.05) is 19.6 Å².